The summed E-state index contributed by atoms with van der Waals surface area (Å²) in [5.41, 5.74) is 7.79. The van der Waals surface area contributed by atoms with E-state index in [-0.39, 0.29) is 11.8 Å². The Hall–Kier alpha value is -4.55. The first kappa shape index (κ1) is 33.8. The monoisotopic (exact) mass is 630 g/mol. The topological polar surface area (TPSA) is 60.7 Å². The number of imidazole rings is 1. The predicted molar refractivity (Wildman–Crippen MR) is 192 cm³/mol. The highest BCUT2D eigenvalue weighted by Gasteiger charge is 2.32. The molecule has 244 valence electrons. The predicted octanol–water partition coefficient (Wildman–Crippen LogP) is 9.45. The molecular weight excluding hydrogens is 582 g/mol. The molecule has 0 aliphatic carbocycles. The molecule has 0 aliphatic heterocycles. The smallest absolute Gasteiger partial charge is 0.305 e. The summed E-state index contributed by atoms with van der Waals surface area (Å²) in [5, 5.41) is 0. The van der Waals surface area contributed by atoms with Crippen molar-refractivity contribution in [2.24, 2.45) is 11.8 Å². The number of pyridine rings is 1. The SMILES string of the molecule is CCOC(=O)CCCc1nc(C(=O)c2ccc([N+](C)(c3ccc(CC(C)C)cc3)c3ccc(CC(C)C)cc3)cc2)c2ccccn12. The summed E-state index contributed by atoms with van der Waals surface area (Å²) in [6.07, 6.45) is 5.49. The number of carbonyl (C=O) groups excluding carboxylic acids is 2. The van der Waals surface area contributed by atoms with Crippen LogP contribution in [-0.2, 0) is 28.8 Å². The molecule has 0 aliphatic rings. The first-order valence-electron chi connectivity index (χ1n) is 16.9. The number of esters is 1. The van der Waals surface area contributed by atoms with Crippen LogP contribution in [0, 0.1) is 11.8 Å². The van der Waals surface area contributed by atoms with E-state index >= 15 is 0 Å². The molecular formula is C41H48N3O3+. The van der Waals surface area contributed by atoms with Crippen LogP contribution >= 0.6 is 0 Å². The van der Waals surface area contributed by atoms with E-state index in [1.54, 1.807) is 6.92 Å². The third-order valence-corrected chi connectivity index (χ3v) is 8.76. The number of benzene rings is 3. The van der Waals surface area contributed by atoms with Gasteiger partial charge < -0.3 is 9.14 Å². The van der Waals surface area contributed by atoms with Crippen LogP contribution in [0.4, 0.5) is 17.1 Å². The van der Waals surface area contributed by atoms with Gasteiger partial charge in [-0.1, -0.05) is 58.0 Å². The summed E-state index contributed by atoms with van der Waals surface area (Å²) >= 11 is 0. The second-order valence-electron chi connectivity index (χ2n) is 13.4. The fraction of sp³-hybridized carbons (Fsp3) is 0.341. The Morgan fingerprint density at radius 2 is 1.30 bits per heavy atom. The molecule has 0 radical (unpaired) electrons. The Bertz CT molecular complexity index is 1750. The lowest BCUT2D eigenvalue weighted by atomic mass is 10.00. The van der Waals surface area contributed by atoms with Crippen LogP contribution in [-0.4, -0.2) is 34.8 Å². The van der Waals surface area contributed by atoms with Crippen LogP contribution in [0.25, 0.3) is 5.52 Å². The van der Waals surface area contributed by atoms with E-state index in [4.69, 9.17) is 9.72 Å². The summed E-state index contributed by atoms with van der Waals surface area (Å²) in [5.74, 6) is 1.60. The fourth-order valence-electron chi connectivity index (χ4n) is 6.37. The number of ketones is 1. The maximum atomic E-state index is 13.9. The minimum absolute atomic E-state index is 0.123. The van der Waals surface area contributed by atoms with E-state index in [9.17, 15) is 9.59 Å². The van der Waals surface area contributed by atoms with Crippen molar-refractivity contribution in [3.05, 3.63) is 125 Å². The molecule has 0 atom stereocenters. The van der Waals surface area contributed by atoms with Gasteiger partial charge in [-0.15, -0.1) is 0 Å². The molecule has 0 N–H and O–H groups in total. The van der Waals surface area contributed by atoms with Gasteiger partial charge in [0, 0.05) is 61.0 Å². The normalized spacial score (nSPS) is 11.8. The van der Waals surface area contributed by atoms with Crippen molar-refractivity contribution in [3.63, 3.8) is 0 Å². The van der Waals surface area contributed by atoms with Gasteiger partial charge in [-0.3, -0.25) is 9.59 Å². The molecule has 2 heterocycles. The lowest BCUT2D eigenvalue weighted by Crippen LogP contribution is -2.33. The average Bonchev–Trinajstić information content (AvgIpc) is 3.43. The van der Waals surface area contributed by atoms with Crippen molar-refractivity contribution >= 4 is 34.3 Å². The average molecular weight is 631 g/mol. The molecule has 6 nitrogen and oxygen atoms in total. The van der Waals surface area contributed by atoms with E-state index in [0.717, 1.165) is 41.2 Å². The quantitative estimate of drug-likeness (QED) is 0.0697. The van der Waals surface area contributed by atoms with Gasteiger partial charge in [0.25, 0.3) is 0 Å². The van der Waals surface area contributed by atoms with Crippen molar-refractivity contribution in [1.29, 1.82) is 0 Å². The number of nitrogens with zero attached hydrogens (tertiary/aromatic N) is 3. The zero-order chi connectivity index (χ0) is 33.6. The molecule has 0 fully saturated rings. The Balaban J connectivity index is 1.47. The van der Waals surface area contributed by atoms with Crippen molar-refractivity contribution in [3.8, 4) is 0 Å². The van der Waals surface area contributed by atoms with Gasteiger partial charge in [-0.2, -0.15) is 0 Å². The molecule has 47 heavy (non-hydrogen) atoms. The second-order valence-corrected chi connectivity index (χ2v) is 13.4. The molecule has 2 aromatic heterocycles. The number of ether oxygens (including phenoxy) is 1. The zero-order valence-electron chi connectivity index (χ0n) is 28.7. The van der Waals surface area contributed by atoms with E-state index in [0.29, 0.717) is 53.4 Å². The number of hydrogen-bond donors (Lipinski definition) is 0. The fourth-order valence-corrected chi connectivity index (χ4v) is 6.37. The van der Waals surface area contributed by atoms with Gasteiger partial charge in [0.2, 0.25) is 5.78 Å². The number of quaternary nitrogens is 1. The van der Waals surface area contributed by atoms with Crippen molar-refractivity contribution < 1.29 is 14.3 Å². The number of fused-ring (bicyclic) bond motifs is 1. The van der Waals surface area contributed by atoms with Crippen molar-refractivity contribution in [2.45, 2.75) is 66.7 Å². The molecule has 0 spiro atoms. The number of aromatic nitrogens is 2. The molecule has 0 unspecified atom stereocenters. The maximum Gasteiger partial charge on any atom is 0.305 e. The Morgan fingerprint density at radius 1 is 0.766 bits per heavy atom. The van der Waals surface area contributed by atoms with Crippen LogP contribution < -0.4 is 4.48 Å². The van der Waals surface area contributed by atoms with E-state index < -0.39 is 0 Å². The highest BCUT2D eigenvalue weighted by atomic mass is 16.5. The summed E-state index contributed by atoms with van der Waals surface area (Å²) in [7, 11) is 2.22. The minimum Gasteiger partial charge on any atom is -0.466 e. The standard InChI is InChI=1S/C41H48N3O3/c1-7-47-39(45)13-10-12-38-42-40(37-11-8-9-26-43(37)38)41(46)33-18-24-36(25-19-33)44(6,34-20-14-31(15-21-34)27-29(2)3)35-22-16-32(17-23-35)28-30(4)5/h8-9,11,14-26,29-30H,7,10,12-13,27-28H2,1-6H3/q+1. The summed E-state index contributed by atoms with van der Waals surface area (Å²) in [6.45, 7) is 11.2. The molecule has 0 saturated carbocycles. The first-order chi connectivity index (χ1) is 22.6. The number of rotatable bonds is 14. The number of carbonyl (C=O) groups is 2. The summed E-state index contributed by atoms with van der Waals surface area (Å²) in [6, 6.07) is 31.6. The van der Waals surface area contributed by atoms with Crippen LogP contribution in [0.5, 0.6) is 0 Å². The molecule has 6 heteroatoms. The molecule has 5 rings (SSSR count). The van der Waals surface area contributed by atoms with Crippen molar-refractivity contribution in [1.82, 2.24) is 13.9 Å². The molecule has 5 aromatic rings. The van der Waals surface area contributed by atoms with Crippen LogP contribution in [0.2, 0.25) is 0 Å². The third-order valence-electron chi connectivity index (χ3n) is 8.76. The van der Waals surface area contributed by atoms with Crippen LogP contribution in [0.15, 0.2) is 97.2 Å². The lowest BCUT2D eigenvalue weighted by Gasteiger charge is -2.33. The van der Waals surface area contributed by atoms with E-state index in [2.05, 4.69) is 95.4 Å². The Kier molecular flexibility index (Phi) is 10.7. The lowest BCUT2D eigenvalue weighted by molar-refractivity contribution is -0.143. The van der Waals surface area contributed by atoms with E-state index in [1.807, 2.05) is 40.9 Å². The largest absolute Gasteiger partial charge is 0.466 e. The second kappa shape index (κ2) is 14.9. The summed E-state index contributed by atoms with van der Waals surface area (Å²) in [4.78, 5) is 30.6. The Morgan fingerprint density at radius 3 is 1.81 bits per heavy atom. The van der Waals surface area contributed by atoms with Gasteiger partial charge in [0.05, 0.1) is 19.2 Å². The molecule has 0 amide bonds. The minimum atomic E-state index is -0.215. The van der Waals surface area contributed by atoms with Gasteiger partial charge in [-0.05, 0) is 73.4 Å². The molecule has 0 bridgehead atoms. The van der Waals surface area contributed by atoms with Gasteiger partial charge in [0.1, 0.15) is 28.6 Å². The number of aryl methyl sites for hydroxylation is 1. The summed E-state index contributed by atoms with van der Waals surface area (Å²) < 4.78 is 7.49. The molecule has 3 aromatic carbocycles. The Labute approximate surface area is 279 Å². The van der Waals surface area contributed by atoms with Gasteiger partial charge in [0.15, 0.2) is 0 Å². The number of hydrogen-bond acceptors (Lipinski definition) is 4. The highest BCUT2D eigenvalue weighted by Crippen LogP contribution is 2.42. The molecule has 0 saturated heterocycles. The first-order valence-corrected chi connectivity index (χ1v) is 16.9. The van der Waals surface area contributed by atoms with Gasteiger partial charge >= 0.3 is 5.97 Å². The van der Waals surface area contributed by atoms with Crippen molar-refractivity contribution in [2.75, 3.05) is 13.7 Å². The van der Waals surface area contributed by atoms with Crippen LogP contribution in [0.1, 0.15) is 80.5 Å². The van der Waals surface area contributed by atoms with E-state index in [1.165, 1.54) is 11.1 Å². The maximum absolute atomic E-state index is 13.9. The van der Waals surface area contributed by atoms with Gasteiger partial charge in [-0.25, -0.2) is 9.47 Å². The third kappa shape index (κ3) is 7.71. The van der Waals surface area contributed by atoms with Crippen LogP contribution in [0.3, 0.4) is 0 Å². The highest BCUT2D eigenvalue weighted by molar-refractivity contribution is 6.12. The zero-order valence-corrected chi connectivity index (χ0v) is 28.7.